The van der Waals surface area contributed by atoms with Crippen LogP contribution >= 0.6 is 0 Å². The number of rotatable bonds is 3. The standard InChI is InChI=1S/C19H24N2O3/c1-13-14(2)21-17-6-4-3-5-16(17)18(13)20-11-15-12-23-19(24-15)7-9-22-10-8-19/h3-6,15H,7-12H2,1-2H3,(H,20,21)/t15-/m1/s1. The second kappa shape index (κ2) is 6.31. The van der Waals surface area contributed by atoms with Crippen molar-refractivity contribution in [3.05, 3.63) is 35.5 Å². The molecule has 5 nitrogen and oxygen atoms in total. The smallest absolute Gasteiger partial charge is 0.173 e. The van der Waals surface area contributed by atoms with Gasteiger partial charge in [-0.15, -0.1) is 0 Å². The fourth-order valence-corrected chi connectivity index (χ4v) is 3.54. The molecule has 1 spiro atoms. The van der Waals surface area contributed by atoms with Crippen molar-refractivity contribution in [1.29, 1.82) is 0 Å². The van der Waals surface area contributed by atoms with Crippen molar-refractivity contribution >= 4 is 16.6 Å². The minimum atomic E-state index is -0.421. The van der Waals surface area contributed by atoms with E-state index in [4.69, 9.17) is 14.2 Å². The van der Waals surface area contributed by atoms with E-state index in [-0.39, 0.29) is 6.10 Å². The fourth-order valence-electron chi connectivity index (χ4n) is 3.54. The zero-order valence-electron chi connectivity index (χ0n) is 14.3. The molecule has 0 bridgehead atoms. The monoisotopic (exact) mass is 328 g/mol. The Morgan fingerprint density at radius 1 is 1.21 bits per heavy atom. The summed E-state index contributed by atoms with van der Waals surface area (Å²) in [4.78, 5) is 4.67. The number of pyridine rings is 1. The average Bonchev–Trinajstić information content (AvgIpc) is 2.98. The van der Waals surface area contributed by atoms with E-state index in [1.54, 1.807) is 0 Å². The van der Waals surface area contributed by atoms with Crippen LogP contribution in [0.2, 0.25) is 0 Å². The first-order valence-electron chi connectivity index (χ1n) is 8.66. The molecule has 2 fully saturated rings. The molecule has 5 heteroatoms. The number of ether oxygens (including phenoxy) is 3. The van der Waals surface area contributed by atoms with Crippen LogP contribution < -0.4 is 5.32 Å². The fraction of sp³-hybridized carbons (Fsp3) is 0.526. The molecule has 2 aliphatic heterocycles. The molecule has 1 atom stereocenters. The number of nitrogens with zero attached hydrogens (tertiary/aromatic N) is 1. The number of aryl methyl sites for hydroxylation is 1. The molecule has 0 saturated carbocycles. The van der Waals surface area contributed by atoms with E-state index >= 15 is 0 Å². The highest BCUT2D eigenvalue weighted by molar-refractivity contribution is 5.93. The van der Waals surface area contributed by atoms with Gasteiger partial charge in [-0.05, 0) is 25.5 Å². The Morgan fingerprint density at radius 3 is 2.83 bits per heavy atom. The number of hydrogen-bond acceptors (Lipinski definition) is 5. The van der Waals surface area contributed by atoms with E-state index in [1.807, 2.05) is 6.07 Å². The maximum Gasteiger partial charge on any atom is 0.173 e. The molecule has 24 heavy (non-hydrogen) atoms. The molecule has 0 radical (unpaired) electrons. The molecule has 4 rings (SSSR count). The maximum atomic E-state index is 6.21. The van der Waals surface area contributed by atoms with E-state index in [0.717, 1.165) is 41.7 Å². The lowest BCUT2D eigenvalue weighted by Gasteiger charge is -2.31. The number of hydrogen-bond donors (Lipinski definition) is 1. The number of fused-ring (bicyclic) bond motifs is 1. The van der Waals surface area contributed by atoms with Crippen LogP contribution in [0.5, 0.6) is 0 Å². The zero-order chi connectivity index (χ0) is 16.6. The Labute approximate surface area is 142 Å². The topological polar surface area (TPSA) is 52.6 Å². The van der Waals surface area contributed by atoms with E-state index < -0.39 is 5.79 Å². The summed E-state index contributed by atoms with van der Waals surface area (Å²) in [6.45, 7) is 6.97. The van der Waals surface area contributed by atoms with Crippen molar-refractivity contribution in [3.63, 3.8) is 0 Å². The number of aromatic nitrogens is 1. The first kappa shape index (κ1) is 15.8. The molecule has 2 aromatic rings. The van der Waals surface area contributed by atoms with Crippen LogP contribution in [0.25, 0.3) is 10.9 Å². The molecule has 2 saturated heterocycles. The molecular weight excluding hydrogens is 304 g/mol. The van der Waals surface area contributed by atoms with Crippen LogP contribution in [-0.2, 0) is 14.2 Å². The summed E-state index contributed by atoms with van der Waals surface area (Å²) in [5.74, 6) is -0.421. The number of para-hydroxylation sites is 1. The van der Waals surface area contributed by atoms with Gasteiger partial charge < -0.3 is 19.5 Å². The lowest BCUT2D eigenvalue weighted by Crippen LogP contribution is -2.38. The summed E-state index contributed by atoms with van der Waals surface area (Å²) in [6.07, 6.45) is 1.70. The van der Waals surface area contributed by atoms with Crippen molar-refractivity contribution < 1.29 is 14.2 Å². The van der Waals surface area contributed by atoms with Crippen LogP contribution in [0.15, 0.2) is 24.3 Å². The van der Waals surface area contributed by atoms with Gasteiger partial charge in [0.25, 0.3) is 0 Å². The van der Waals surface area contributed by atoms with Crippen LogP contribution in [0.4, 0.5) is 5.69 Å². The first-order chi connectivity index (χ1) is 11.7. The molecule has 0 amide bonds. The Bertz CT molecular complexity index is 741. The largest absolute Gasteiger partial charge is 0.382 e. The van der Waals surface area contributed by atoms with Gasteiger partial charge in [0.1, 0.15) is 6.10 Å². The summed E-state index contributed by atoms with van der Waals surface area (Å²) in [6, 6.07) is 8.25. The van der Waals surface area contributed by atoms with Crippen molar-refractivity contribution in [3.8, 4) is 0 Å². The molecule has 2 aliphatic rings. The van der Waals surface area contributed by atoms with Gasteiger partial charge in [-0.1, -0.05) is 18.2 Å². The number of nitrogens with one attached hydrogen (secondary N) is 1. The van der Waals surface area contributed by atoms with Crippen molar-refractivity contribution in [2.75, 3.05) is 31.7 Å². The third kappa shape index (κ3) is 2.88. The number of benzene rings is 1. The van der Waals surface area contributed by atoms with Gasteiger partial charge in [-0.2, -0.15) is 0 Å². The molecule has 0 aliphatic carbocycles. The minimum Gasteiger partial charge on any atom is -0.382 e. The Hall–Kier alpha value is -1.69. The van der Waals surface area contributed by atoms with Gasteiger partial charge >= 0.3 is 0 Å². The van der Waals surface area contributed by atoms with Crippen LogP contribution in [0, 0.1) is 13.8 Å². The molecule has 128 valence electrons. The van der Waals surface area contributed by atoms with Crippen LogP contribution in [0.1, 0.15) is 24.1 Å². The highest BCUT2D eigenvalue weighted by Gasteiger charge is 2.42. The van der Waals surface area contributed by atoms with E-state index in [2.05, 4.69) is 42.3 Å². The molecular formula is C19H24N2O3. The molecule has 0 unspecified atom stereocenters. The van der Waals surface area contributed by atoms with Crippen molar-refractivity contribution in [2.45, 2.75) is 38.6 Å². The van der Waals surface area contributed by atoms with Gasteiger partial charge in [0.05, 0.1) is 25.3 Å². The number of anilines is 1. The Kier molecular flexibility index (Phi) is 4.16. The highest BCUT2D eigenvalue weighted by Crippen LogP contribution is 2.34. The normalized spacial score (nSPS) is 23.0. The van der Waals surface area contributed by atoms with Crippen molar-refractivity contribution in [2.24, 2.45) is 0 Å². The predicted octanol–water partition coefficient (Wildman–Crippen LogP) is 3.19. The molecule has 3 heterocycles. The lowest BCUT2D eigenvalue weighted by molar-refractivity contribution is -0.209. The van der Waals surface area contributed by atoms with E-state index in [0.29, 0.717) is 19.8 Å². The Balaban J connectivity index is 1.50. The van der Waals surface area contributed by atoms with Crippen molar-refractivity contribution in [1.82, 2.24) is 4.98 Å². The van der Waals surface area contributed by atoms with Crippen LogP contribution in [0.3, 0.4) is 0 Å². The quantitative estimate of drug-likeness (QED) is 0.938. The maximum absolute atomic E-state index is 6.21. The second-order valence-electron chi connectivity index (χ2n) is 6.67. The van der Waals surface area contributed by atoms with Gasteiger partial charge in [0.15, 0.2) is 5.79 Å². The summed E-state index contributed by atoms with van der Waals surface area (Å²) >= 11 is 0. The summed E-state index contributed by atoms with van der Waals surface area (Å²) in [7, 11) is 0. The first-order valence-corrected chi connectivity index (χ1v) is 8.66. The summed E-state index contributed by atoms with van der Waals surface area (Å²) < 4.78 is 17.6. The third-order valence-electron chi connectivity index (χ3n) is 5.05. The lowest BCUT2D eigenvalue weighted by atomic mass is 10.1. The molecule has 1 aromatic heterocycles. The van der Waals surface area contributed by atoms with Gasteiger partial charge in [-0.25, -0.2) is 0 Å². The minimum absolute atomic E-state index is 0.0646. The zero-order valence-corrected chi connectivity index (χ0v) is 14.3. The third-order valence-corrected chi connectivity index (χ3v) is 5.05. The van der Waals surface area contributed by atoms with Gasteiger partial charge in [0, 0.05) is 36.2 Å². The highest BCUT2D eigenvalue weighted by atomic mass is 16.7. The average molecular weight is 328 g/mol. The van der Waals surface area contributed by atoms with Gasteiger partial charge in [0.2, 0.25) is 0 Å². The van der Waals surface area contributed by atoms with E-state index in [9.17, 15) is 0 Å². The van der Waals surface area contributed by atoms with Crippen LogP contribution in [-0.4, -0.2) is 43.2 Å². The SMILES string of the molecule is Cc1nc2ccccc2c(NC[C@@H]2COC3(CCOCC3)O2)c1C. The van der Waals surface area contributed by atoms with Gasteiger partial charge in [-0.3, -0.25) is 4.98 Å². The van der Waals surface area contributed by atoms with E-state index in [1.165, 1.54) is 5.56 Å². The molecule has 1 N–H and O–H groups in total. The summed E-state index contributed by atoms with van der Waals surface area (Å²) in [5, 5.41) is 4.74. The summed E-state index contributed by atoms with van der Waals surface area (Å²) in [5.41, 5.74) is 4.41. The predicted molar refractivity (Wildman–Crippen MR) is 93.3 cm³/mol. The Morgan fingerprint density at radius 2 is 2.00 bits per heavy atom. The molecule has 1 aromatic carbocycles. The second-order valence-corrected chi connectivity index (χ2v) is 6.67.